The van der Waals surface area contributed by atoms with Crippen molar-refractivity contribution in [1.82, 2.24) is 5.32 Å². The van der Waals surface area contributed by atoms with Crippen LogP contribution in [0.25, 0.3) is 0 Å². The van der Waals surface area contributed by atoms with Crippen molar-refractivity contribution in [3.63, 3.8) is 0 Å². The molecule has 4 nitrogen and oxygen atoms in total. The van der Waals surface area contributed by atoms with Gasteiger partial charge in [-0.2, -0.15) is 0 Å². The molecule has 0 unspecified atom stereocenters. The van der Waals surface area contributed by atoms with Crippen LogP contribution in [0.1, 0.15) is 30.5 Å². The lowest BCUT2D eigenvalue weighted by Crippen LogP contribution is -2.24. The number of benzene rings is 2. The van der Waals surface area contributed by atoms with Crippen LogP contribution >= 0.6 is 23.2 Å². The molecular formula is C20H21Cl2NO3. The van der Waals surface area contributed by atoms with Gasteiger partial charge in [0.25, 0.3) is 0 Å². The van der Waals surface area contributed by atoms with Gasteiger partial charge in [0.15, 0.2) is 0 Å². The Labute approximate surface area is 163 Å². The Balaban J connectivity index is 1.67. The molecule has 1 aliphatic rings. The Hall–Kier alpha value is -1.91. The van der Waals surface area contributed by atoms with Gasteiger partial charge < -0.3 is 14.8 Å². The monoisotopic (exact) mass is 393 g/mol. The molecule has 2 aromatic rings. The number of carbonyl (C=O) groups is 1. The zero-order valence-electron chi connectivity index (χ0n) is 14.8. The van der Waals surface area contributed by atoms with E-state index in [9.17, 15) is 4.79 Å². The average molecular weight is 394 g/mol. The molecule has 1 heterocycles. The number of rotatable bonds is 6. The predicted octanol–water partition coefficient (Wildman–Crippen LogP) is 4.57. The summed E-state index contributed by atoms with van der Waals surface area (Å²) in [6.07, 6.45) is 1.28. The molecule has 6 heteroatoms. The summed E-state index contributed by atoms with van der Waals surface area (Å²) in [7, 11) is 0. The minimum atomic E-state index is -0.0966. The van der Waals surface area contributed by atoms with Crippen molar-refractivity contribution in [2.24, 2.45) is 0 Å². The van der Waals surface area contributed by atoms with E-state index in [1.54, 1.807) is 18.2 Å². The third-order valence-corrected chi connectivity index (χ3v) is 4.94. The molecule has 1 N–H and O–H groups in total. The molecule has 26 heavy (non-hydrogen) atoms. The van der Waals surface area contributed by atoms with E-state index in [1.807, 2.05) is 26.0 Å². The Morgan fingerprint density at radius 2 is 2.08 bits per heavy atom. The smallest absolute Gasteiger partial charge is 0.224 e. The molecule has 0 aliphatic carbocycles. The maximum Gasteiger partial charge on any atom is 0.224 e. The van der Waals surface area contributed by atoms with E-state index in [1.165, 1.54) is 0 Å². The Morgan fingerprint density at radius 1 is 1.27 bits per heavy atom. The highest BCUT2D eigenvalue weighted by Crippen LogP contribution is 2.35. The van der Waals surface area contributed by atoms with E-state index in [2.05, 4.69) is 5.32 Å². The molecular weight excluding hydrogens is 373 g/mol. The van der Waals surface area contributed by atoms with Crippen molar-refractivity contribution in [3.8, 4) is 11.5 Å². The molecule has 0 fully saturated rings. The van der Waals surface area contributed by atoms with Crippen LogP contribution in [0.4, 0.5) is 0 Å². The molecule has 0 saturated carbocycles. The summed E-state index contributed by atoms with van der Waals surface area (Å²) in [6.45, 7) is 4.93. The number of nitrogens with one attached hydrogen (secondary N) is 1. The van der Waals surface area contributed by atoms with Gasteiger partial charge in [0, 0.05) is 24.1 Å². The Bertz CT molecular complexity index is 823. The van der Waals surface area contributed by atoms with Gasteiger partial charge in [-0.05, 0) is 43.7 Å². The summed E-state index contributed by atoms with van der Waals surface area (Å²) in [5, 5.41) is 3.85. The van der Waals surface area contributed by atoms with E-state index in [0.29, 0.717) is 23.2 Å². The second kappa shape index (κ2) is 8.19. The molecule has 0 spiro atoms. The first-order chi connectivity index (χ1) is 12.5. The predicted molar refractivity (Wildman–Crippen MR) is 103 cm³/mol. The highest BCUT2D eigenvalue weighted by atomic mass is 35.5. The Kier molecular flexibility index (Phi) is 5.94. The van der Waals surface area contributed by atoms with Crippen molar-refractivity contribution in [2.45, 2.75) is 39.3 Å². The Morgan fingerprint density at radius 3 is 2.81 bits per heavy atom. The van der Waals surface area contributed by atoms with E-state index < -0.39 is 0 Å². The lowest BCUT2D eigenvalue weighted by molar-refractivity contribution is -0.120. The first-order valence-electron chi connectivity index (χ1n) is 8.62. The second-order valence-corrected chi connectivity index (χ2v) is 7.15. The average Bonchev–Trinajstić information content (AvgIpc) is 2.95. The van der Waals surface area contributed by atoms with Crippen LogP contribution in [0.2, 0.25) is 10.0 Å². The minimum Gasteiger partial charge on any atom is -0.494 e. The molecule has 1 atom stereocenters. The van der Waals surface area contributed by atoms with Gasteiger partial charge in [0.2, 0.25) is 5.91 Å². The first-order valence-corrected chi connectivity index (χ1v) is 9.37. The van der Waals surface area contributed by atoms with Crippen LogP contribution in [0.5, 0.6) is 11.5 Å². The summed E-state index contributed by atoms with van der Waals surface area (Å²) in [4.78, 5) is 12.3. The van der Waals surface area contributed by atoms with Crippen LogP contribution in [-0.2, 0) is 24.2 Å². The van der Waals surface area contributed by atoms with Crippen LogP contribution < -0.4 is 14.8 Å². The highest BCUT2D eigenvalue weighted by Gasteiger charge is 2.22. The molecule has 1 amide bonds. The van der Waals surface area contributed by atoms with Gasteiger partial charge in [-0.25, -0.2) is 0 Å². The van der Waals surface area contributed by atoms with Crippen LogP contribution in [0.3, 0.4) is 0 Å². The lowest BCUT2D eigenvalue weighted by Gasteiger charge is -2.13. The molecule has 0 radical (unpaired) electrons. The zero-order chi connectivity index (χ0) is 18.7. The quantitative estimate of drug-likeness (QED) is 0.781. The number of amides is 1. The second-order valence-electron chi connectivity index (χ2n) is 6.34. The normalized spacial score (nSPS) is 15.3. The number of ether oxygens (including phenoxy) is 2. The maximum atomic E-state index is 12.3. The van der Waals surface area contributed by atoms with Gasteiger partial charge in [0.1, 0.15) is 17.6 Å². The summed E-state index contributed by atoms with van der Waals surface area (Å²) in [5.41, 5.74) is 2.86. The zero-order valence-corrected chi connectivity index (χ0v) is 16.3. The van der Waals surface area contributed by atoms with E-state index in [4.69, 9.17) is 32.7 Å². The summed E-state index contributed by atoms with van der Waals surface area (Å²) in [5.74, 6) is 1.56. The van der Waals surface area contributed by atoms with E-state index in [-0.39, 0.29) is 18.4 Å². The van der Waals surface area contributed by atoms with Crippen molar-refractivity contribution in [3.05, 3.63) is 57.1 Å². The molecule has 1 aliphatic heterocycles. The fourth-order valence-electron chi connectivity index (χ4n) is 3.00. The van der Waals surface area contributed by atoms with Gasteiger partial charge in [-0.3, -0.25) is 4.79 Å². The largest absolute Gasteiger partial charge is 0.494 e. The topological polar surface area (TPSA) is 47.6 Å². The van der Waals surface area contributed by atoms with Gasteiger partial charge >= 0.3 is 0 Å². The van der Waals surface area contributed by atoms with Crippen LogP contribution in [0.15, 0.2) is 30.3 Å². The van der Waals surface area contributed by atoms with Crippen molar-refractivity contribution < 1.29 is 14.3 Å². The SMILES string of the molecule is CCOc1cc2c(cc1CNC(=O)Cc1ccc(Cl)c(Cl)c1)O[C@@H](C)C2. The third kappa shape index (κ3) is 4.43. The number of halogens is 2. The van der Waals surface area contributed by atoms with Crippen molar-refractivity contribution in [1.29, 1.82) is 0 Å². The van der Waals surface area contributed by atoms with Gasteiger partial charge in [-0.1, -0.05) is 29.3 Å². The number of carbonyl (C=O) groups excluding carboxylic acids is 1. The molecule has 0 bridgehead atoms. The van der Waals surface area contributed by atoms with Gasteiger partial charge in [-0.15, -0.1) is 0 Å². The number of fused-ring (bicyclic) bond motifs is 1. The first kappa shape index (κ1) is 18.9. The minimum absolute atomic E-state index is 0.0966. The third-order valence-electron chi connectivity index (χ3n) is 4.20. The maximum absolute atomic E-state index is 12.3. The van der Waals surface area contributed by atoms with E-state index in [0.717, 1.165) is 34.6 Å². The molecule has 3 rings (SSSR count). The summed E-state index contributed by atoms with van der Waals surface area (Å²) >= 11 is 11.9. The lowest BCUT2D eigenvalue weighted by atomic mass is 10.1. The van der Waals surface area contributed by atoms with E-state index >= 15 is 0 Å². The summed E-state index contributed by atoms with van der Waals surface area (Å²) in [6, 6.07) is 9.18. The van der Waals surface area contributed by atoms with Gasteiger partial charge in [0.05, 0.1) is 23.1 Å². The summed E-state index contributed by atoms with van der Waals surface area (Å²) < 4.78 is 11.6. The van der Waals surface area contributed by atoms with Crippen LogP contribution in [0, 0.1) is 0 Å². The fourth-order valence-corrected chi connectivity index (χ4v) is 3.32. The van der Waals surface area contributed by atoms with Crippen LogP contribution in [-0.4, -0.2) is 18.6 Å². The van der Waals surface area contributed by atoms with Crippen molar-refractivity contribution >= 4 is 29.1 Å². The fraction of sp³-hybridized carbons (Fsp3) is 0.350. The number of hydrogen-bond donors (Lipinski definition) is 1. The molecule has 0 saturated heterocycles. The number of hydrogen-bond acceptors (Lipinski definition) is 3. The molecule has 138 valence electrons. The highest BCUT2D eigenvalue weighted by molar-refractivity contribution is 6.42. The van der Waals surface area contributed by atoms with Crippen molar-refractivity contribution in [2.75, 3.05) is 6.61 Å². The molecule has 2 aromatic carbocycles. The molecule has 0 aromatic heterocycles. The standard InChI is InChI=1S/C20H21Cl2NO3/c1-3-25-18-9-14-6-12(2)26-19(14)10-15(18)11-23-20(24)8-13-4-5-16(21)17(22)7-13/h4-5,7,9-10,12H,3,6,8,11H2,1-2H3,(H,23,24)/t12-/m0/s1.